The number of hydrogen-bond donors (Lipinski definition) is 1. The van der Waals surface area contributed by atoms with Crippen molar-refractivity contribution < 1.29 is 14.3 Å². The fourth-order valence-electron chi connectivity index (χ4n) is 3.97. The molecule has 1 heterocycles. The van der Waals surface area contributed by atoms with Crippen LogP contribution in [0.15, 0.2) is 48.5 Å². The molecule has 1 N–H and O–H groups in total. The number of carbonyl (C=O) groups excluding carboxylic acids is 1. The zero-order chi connectivity index (χ0) is 19.5. The van der Waals surface area contributed by atoms with Crippen molar-refractivity contribution in [3.8, 4) is 0 Å². The van der Waals surface area contributed by atoms with Gasteiger partial charge < -0.3 is 14.9 Å². The minimum absolute atomic E-state index is 0.115. The molecule has 0 spiro atoms. The van der Waals surface area contributed by atoms with Gasteiger partial charge in [-0.1, -0.05) is 30.3 Å². The zero-order valence-corrected chi connectivity index (χ0v) is 16.1. The first kappa shape index (κ1) is 18.9. The number of aliphatic hydroxyl groups is 1. The van der Waals surface area contributed by atoms with Gasteiger partial charge in [-0.05, 0) is 48.1 Å². The molecular formula is C23H27FN2O2. The lowest BCUT2D eigenvalue weighted by molar-refractivity contribution is -0.132. The number of rotatable bonds is 6. The minimum atomic E-state index is -0.558. The summed E-state index contributed by atoms with van der Waals surface area (Å²) in [6.07, 6.45) is 2.77. The van der Waals surface area contributed by atoms with Gasteiger partial charge in [-0.25, -0.2) is 4.39 Å². The highest BCUT2D eigenvalue weighted by atomic mass is 19.1. The Balaban J connectivity index is 1.53. The summed E-state index contributed by atoms with van der Waals surface area (Å²) in [5.74, 6) is 0.427. The van der Waals surface area contributed by atoms with Crippen LogP contribution in [-0.4, -0.2) is 41.7 Å². The molecule has 0 radical (unpaired) electrons. The van der Waals surface area contributed by atoms with Crippen LogP contribution in [0.25, 0.3) is 0 Å². The molecule has 4 rings (SSSR count). The summed E-state index contributed by atoms with van der Waals surface area (Å²) in [7, 11) is 0. The predicted octanol–water partition coefficient (Wildman–Crippen LogP) is 3.38. The van der Waals surface area contributed by atoms with Crippen molar-refractivity contribution in [3.05, 3.63) is 65.5 Å². The van der Waals surface area contributed by atoms with E-state index in [0.717, 1.165) is 23.4 Å². The molecular weight excluding hydrogens is 355 g/mol. The number of anilines is 1. The SMILES string of the molecule is O=C1CCN(CC(O)Cc2ccccc2)c2ccc(F)cc2CN1CC1CC1. The van der Waals surface area contributed by atoms with E-state index in [2.05, 4.69) is 0 Å². The Labute approximate surface area is 165 Å². The molecule has 4 nitrogen and oxygen atoms in total. The molecule has 0 saturated heterocycles. The van der Waals surface area contributed by atoms with E-state index in [0.29, 0.717) is 38.4 Å². The van der Waals surface area contributed by atoms with E-state index in [1.165, 1.54) is 25.0 Å². The van der Waals surface area contributed by atoms with E-state index in [1.54, 1.807) is 6.07 Å². The van der Waals surface area contributed by atoms with Crippen molar-refractivity contribution in [1.29, 1.82) is 0 Å². The number of amides is 1. The van der Waals surface area contributed by atoms with Crippen LogP contribution in [0.4, 0.5) is 10.1 Å². The highest BCUT2D eigenvalue weighted by Gasteiger charge is 2.29. The molecule has 1 fully saturated rings. The second-order valence-corrected chi connectivity index (χ2v) is 8.03. The molecule has 0 bridgehead atoms. The summed E-state index contributed by atoms with van der Waals surface area (Å²) in [5, 5.41) is 10.6. The van der Waals surface area contributed by atoms with Crippen LogP contribution < -0.4 is 4.90 Å². The molecule has 5 heteroatoms. The van der Waals surface area contributed by atoms with Crippen LogP contribution in [0.5, 0.6) is 0 Å². The fraction of sp³-hybridized carbons (Fsp3) is 0.435. The minimum Gasteiger partial charge on any atom is -0.391 e. The van der Waals surface area contributed by atoms with Gasteiger partial charge in [-0.15, -0.1) is 0 Å². The largest absolute Gasteiger partial charge is 0.391 e. The maximum atomic E-state index is 13.9. The van der Waals surface area contributed by atoms with Gasteiger partial charge in [0.1, 0.15) is 5.82 Å². The summed E-state index contributed by atoms with van der Waals surface area (Å²) < 4.78 is 13.9. The Morgan fingerprint density at radius 1 is 1.11 bits per heavy atom. The molecule has 2 aliphatic rings. The second-order valence-electron chi connectivity index (χ2n) is 8.03. The molecule has 1 atom stereocenters. The van der Waals surface area contributed by atoms with Gasteiger partial charge in [0.05, 0.1) is 6.10 Å². The highest BCUT2D eigenvalue weighted by molar-refractivity contribution is 5.78. The maximum absolute atomic E-state index is 13.9. The zero-order valence-electron chi connectivity index (χ0n) is 16.1. The highest BCUT2D eigenvalue weighted by Crippen LogP contribution is 2.32. The quantitative estimate of drug-likeness (QED) is 0.833. The Bertz CT molecular complexity index is 823. The molecule has 1 saturated carbocycles. The standard InChI is InChI=1S/C23H27FN2O2/c24-20-8-9-22-19(13-20)15-26(14-18-6-7-18)23(28)10-11-25(22)16-21(27)12-17-4-2-1-3-5-17/h1-5,8-9,13,18,21,27H,6-7,10-12,14-16H2. The topological polar surface area (TPSA) is 43.8 Å². The number of fused-ring (bicyclic) bond motifs is 1. The predicted molar refractivity (Wildman–Crippen MR) is 108 cm³/mol. The van der Waals surface area contributed by atoms with E-state index in [1.807, 2.05) is 40.1 Å². The van der Waals surface area contributed by atoms with Crippen LogP contribution in [0, 0.1) is 11.7 Å². The summed E-state index contributed by atoms with van der Waals surface area (Å²) in [5.41, 5.74) is 2.82. The van der Waals surface area contributed by atoms with Crippen molar-refractivity contribution in [2.24, 2.45) is 5.92 Å². The van der Waals surface area contributed by atoms with Crippen molar-refractivity contribution in [2.75, 3.05) is 24.5 Å². The monoisotopic (exact) mass is 382 g/mol. The average Bonchev–Trinajstić information content (AvgIpc) is 3.49. The number of halogens is 1. The molecule has 28 heavy (non-hydrogen) atoms. The molecule has 2 aromatic rings. The number of carbonyl (C=O) groups is 1. The van der Waals surface area contributed by atoms with Crippen LogP contribution in [0.2, 0.25) is 0 Å². The van der Waals surface area contributed by atoms with Crippen molar-refractivity contribution in [3.63, 3.8) is 0 Å². The van der Waals surface area contributed by atoms with Gasteiger partial charge in [0, 0.05) is 44.7 Å². The fourth-order valence-corrected chi connectivity index (χ4v) is 3.97. The van der Waals surface area contributed by atoms with E-state index in [-0.39, 0.29) is 11.7 Å². The van der Waals surface area contributed by atoms with Gasteiger partial charge in [-0.2, -0.15) is 0 Å². The van der Waals surface area contributed by atoms with Gasteiger partial charge in [0.25, 0.3) is 0 Å². The molecule has 1 aliphatic heterocycles. The number of aliphatic hydroxyl groups excluding tert-OH is 1. The molecule has 1 aliphatic carbocycles. The van der Waals surface area contributed by atoms with Gasteiger partial charge >= 0.3 is 0 Å². The Kier molecular flexibility index (Phi) is 5.62. The van der Waals surface area contributed by atoms with Crippen LogP contribution in [-0.2, 0) is 17.8 Å². The van der Waals surface area contributed by atoms with Crippen molar-refractivity contribution in [1.82, 2.24) is 4.90 Å². The Morgan fingerprint density at radius 2 is 1.89 bits per heavy atom. The van der Waals surface area contributed by atoms with Crippen LogP contribution in [0.3, 0.4) is 0 Å². The number of nitrogens with zero attached hydrogens (tertiary/aromatic N) is 2. The third kappa shape index (κ3) is 4.71. The van der Waals surface area contributed by atoms with Crippen molar-refractivity contribution >= 4 is 11.6 Å². The van der Waals surface area contributed by atoms with E-state index >= 15 is 0 Å². The first-order valence-corrected chi connectivity index (χ1v) is 10.1. The number of benzene rings is 2. The third-order valence-corrected chi connectivity index (χ3v) is 5.61. The summed E-state index contributed by atoms with van der Waals surface area (Å²) in [6.45, 7) is 2.16. The lowest BCUT2D eigenvalue weighted by Gasteiger charge is -2.34. The summed E-state index contributed by atoms with van der Waals surface area (Å²) in [4.78, 5) is 16.6. The summed E-state index contributed by atoms with van der Waals surface area (Å²) in [6, 6.07) is 14.7. The smallest absolute Gasteiger partial charge is 0.224 e. The number of hydrogen-bond acceptors (Lipinski definition) is 3. The molecule has 2 aromatic carbocycles. The molecule has 148 valence electrons. The van der Waals surface area contributed by atoms with Gasteiger partial charge in [0.2, 0.25) is 5.91 Å². The lowest BCUT2D eigenvalue weighted by atomic mass is 10.0. The Morgan fingerprint density at radius 3 is 2.64 bits per heavy atom. The lowest BCUT2D eigenvalue weighted by Crippen LogP contribution is -2.41. The van der Waals surface area contributed by atoms with E-state index < -0.39 is 6.10 Å². The third-order valence-electron chi connectivity index (χ3n) is 5.61. The molecule has 0 aromatic heterocycles. The molecule has 1 unspecified atom stereocenters. The average molecular weight is 382 g/mol. The maximum Gasteiger partial charge on any atom is 0.224 e. The van der Waals surface area contributed by atoms with E-state index in [9.17, 15) is 14.3 Å². The van der Waals surface area contributed by atoms with Crippen LogP contribution >= 0.6 is 0 Å². The van der Waals surface area contributed by atoms with Gasteiger partial charge in [-0.3, -0.25) is 4.79 Å². The van der Waals surface area contributed by atoms with Gasteiger partial charge in [0.15, 0.2) is 0 Å². The first-order chi connectivity index (χ1) is 13.6. The van der Waals surface area contributed by atoms with E-state index in [4.69, 9.17) is 0 Å². The molecule has 1 amide bonds. The number of β-amino-alcohol motifs (C(OH)–C–C–N with tert-alkyl or cyclic N) is 1. The second kappa shape index (κ2) is 8.31. The van der Waals surface area contributed by atoms with Crippen LogP contribution in [0.1, 0.15) is 30.4 Å². The van der Waals surface area contributed by atoms with Crippen molar-refractivity contribution in [2.45, 2.75) is 38.3 Å². The normalized spacial score (nSPS) is 18.4. The first-order valence-electron chi connectivity index (χ1n) is 10.1. The Hall–Kier alpha value is -2.40. The summed E-state index contributed by atoms with van der Waals surface area (Å²) >= 11 is 0.